The van der Waals surface area contributed by atoms with Crippen LogP contribution in [0.25, 0.3) is 0 Å². The van der Waals surface area contributed by atoms with Gasteiger partial charge in [-0.15, -0.1) is 0 Å². The lowest BCUT2D eigenvalue weighted by atomic mass is 10.1. The van der Waals surface area contributed by atoms with Crippen LogP contribution in [0.3, 0.4) is 0 Å². The van der Waals surface area contributed by atoms with Crippen molar-refractivity contribution in [1.82, 2.24) is 14.9 Å². The average molecular weight is 561 g/mol. The normalized spacial score (nSPS) is 14.2. The molecule has 0 saturated carbocycles. The fraction of sp³-hybridized carbons (Fsp3) is 0.419. The van der Waals surface area contributed by atoms with Crippen molar-refractivity contribution in [3.05, 3.63) is 77.5 Å². The van der Waals surface area contributed by atoms with Crippen LogP contribution in [0.4, 0.5) is 22.2 Å². The summed E-state index contributed by atoms with van der Waals surface area (Å²) in [5.41, 5.74) is 2.50. The highest BCUT2D eigenvalue weighted by Crippen LogP contribution is 2.28. The second-order valence-electron chi connectivity index (χ2n) is 11.0. The number of nitrogens with zero attached hydrogens (tertiary/aromatic N) is 5. The van der Waals surface area contributed by atoms with Gasteiger partial charge in [-0.25, -0.2) is 9.78 Å². The van der Waals surface area contributed by atoms with E-state index in [-0.39, 0.29) is 18.6 Å². The van der Waals surface area contributed by atoms with Crippen molar-refractivity contribution < 1.29 is 19.1 Å². The molecule has 41 heavy (non-hydrogen) atoms. The van der Waals surface area contributed by atoms with Gasteiger partial charge < -0.3 is 29.5 Å². The molecule has 10 nitrogen and oxygen atoms in total. The molecule has 0 bridgehead atoms. The highest BCUT2D eigenvalue weighted by atomic mass is 16.6. The van der Waals surface area contributed by atoms with Crippen molar-refractivity contribution in [3.8, 4) is 0 Å². The molecule has 2 aromatic carbocycles. The van der Waals surface area contributed by atoms with E-state index in [0.29, 0.717) is 43.6 Å². The number of hydrogen-bond donors (Lipinski definition) is 1. The number of carbonyl (C=O) groups excluding carboxylic acids is 2. The van der Waals surface area contributed by atoms with Crippen LogP contribution in [0, 0.1) is 0 Å². The van der Waals surface area contributed by atoms with Gasteiger partial charge in [0.1, 0.15) is 17.0 Å². The first-order valence-corrected chi connectivity index (χ1v) is 13.9. The first-order chi connectivity index (χ1) is 19.6. The number of rotatable bonds is 9. The monoisotopic (exact) mass is 560 g/mol. The SMILES string of the molecule is CCNc1ncc2c(n1)N(C)CCN(c1cccc(COCC(c3ccccc3)N(C)C(=O)OC(C)(C)C)c1)C2=O. The molecule has 3 aromatic rings. The van der Waals surface area contributed by atoms with Crippen molar-refractivity contribution in [1.29, 1.82) is 0 Å². The first-order valence-electron chi connectivity index (χ1n) is 13.9. The largest absolute Gasteiger partial charge is 0.444 e. The predicted octanol–water partition coefficient (Wildman–Crippen LogP) is 5.13. The summed E-state index contributed by atoms with van der Waals surface area (Å²) in [4.78, 5) is 40.6. The first kappa shape index (κ1) is 29.8. The van der Waals surface area contributed by atoms with Gasteiger partial charge in [-0.05, 0) is 51.0 Å². The Morgan fingerprint density at radius 1 is 1.12 bits per heavy atom. The third-order valence-corrected chi connectivity index (χ3v) is 6.70. The summed E-state index contributed by atoms with van der Waals surface area (Å²) in [7, 11) is 3.65. The number of likely N-dealkylation sites (N-methyl/N-ethyl adjacent to an activating group) is 2. The van der Waals surface area contributed by atoms with Crippen molar-refractivity contribution in [2.75, 3.05) is 55.5 Å². The van der Waals surface area contributed by atoms with Crippen molar-refractivity contribution in [2.24, 2.45) is 0 Å². The van der Waals surface area contributed by atoms with Gasteiger partial charge in [0.25, 0.3) is 5.91 Å². The van der Waals surface area contributed by atoms with Crippen LogP contribution in [0.5, 0.6) is 0 Å². The molecule has 0 aliphatic carbocycles. The van der Waals surface area contributed by atoms with E-state index in [0.717, 1.165) is 16.8 Å². The number of anilines is 3. The molecule has 0 radical (unpaired) electrons. The van der Waals surface area contributed by atoms with Gasteiger partial charge in [0.2, 0.25) is 5.95 Å². The van der Waals surface area contributed by atoms with Crippen molar-refractivity contribution in [2.45, 2.75) is 45.9 Å². The number of carbonyl (C=O) groups is 2. The van der Waals surface area contributed by atoms with E-state index in [4.69, 9.17) is 9.47 Å². The Bertz CT molecular complexity index is 1340. The van der Waals surface area contributed by atoms with E-state index in [1.807, 2.05) is 94.2 Å². The van der Waals surface area contributed by atoms with E-state index >= 15 is 0 Å². The fourth-order valence-electron chi connectivity index (χ4n) is 4.58. The second-order valence-corrected chi connectivity index (χ2v) is 11.0. The minimum Gasteiger partial charge on any atom is -0.444 e. The molecule has 4 rings (SSSR count). The van der Waals surface area contributed by atoms with E-state index in [9.17, 15) is 9.59 Å². The minimum absolute atomic E-state index is 0.145. The van der Waals surface area contributed by atoms with Crippen LogP contribution < -0.4 is 15.1 Å². The Morgan fingerprint density at radius 3 is 2.59 bits per heavy atom. The Hall–Kier alpha value is -4.18. The summed E-state index contributed by atoms with van der Waals surface area (Å²) in [6.45, 7) is 9.92. The third kappa shape index (κ3) is 7.52. The van der Waals surface area contributed by atoms with E-state index in [1.165, 1.54) is 0 Å². The molecule has 1 unspecified atom stereocenters. The Morgan fingerprint density at radius 2 is 1.88 bits per heavy atom. The zero-order valence-corrected chi connectivity index (χ0v) is 24.8. The lowest BCUT2D eigenvalue weighted by Crippen LogP contribution is -2.38. The summed E-state index contributed by atoms with van der Waals surface area (Å²) < 4.78 is 11.8. The molecule has 0 spiro atoms. The van der Waals surface area contributed by atoms with E-state index in [1.54, 1.807) is 23.0 Å². The van der Waals surface area contributed by atoms with Crippen LogP contribution in [-0.2, 0) is 16.1 Å². The maximum atomic E-state index is 13.6. The molecule has 1 aliphatic rings. The summed E-state index contributed by atoms with van der Waals surface area (Å²) in [5, 5.41) is 3.11. The van der Waals surface area contributed by atoms with Crippen LogP contribution in [-0.4, -0.2) is 72.8 Å². The number of amides is 2. The average Bonchev–Trinajstić information content (AvgIpc) is 3.06. The van der Waals surface area contributed by atoms with Crippen molar-refractivity contribution in [3.63, 3.8) is 0 Å². The highest BCUT2D eigenvalue weighted by molar-refractivity contribution is 6.09. The fourth-order valence-corrected chi connectivity index (χ4v) is 4.58. The zero-order valence-electron chi connectivity index (χ0n) is 24.8. The number of benzene rings is 2. The van der Waals surface area contributed by atoms with Gasteiger partial charge >= 0.3 is 6.09 Å². The standard InChI is InChI=1S/C31H40N6O4/c1-7-32-29-33-19-25-27(34-29)35(5)16-17-37(28(25)38)24-15-11-12-22(18-24)20-40-21-26(23-13-9-8-10-14-23)36(6)30(39)41-31(2,3)4/h8-15,18-19,26H,7,16-17,20-21H2,1-6H3,(H,32,33,34). The molecule has 1 aromatic heterocycles. The van der Waals surface area contributed by atoms with Gasteiger partial charge in [0, 0.05) is 45.6 Å². The minimum atomic E-state index is -0.602. The van der Waals surface area contributed by atoms with Crippen LogP contribution >= 0.6 is 0 Å². The predicted molar refractivity (Wildman–Crippen MR) is 160 cm³/mol. The Labute approximate surface area is 242 Å². The molecule has 1 aliphatic heterocycles. The van der Waals surface area contributed by atoms with Gasteiger partial charge in [-0.2, -0.15) is 4.98 Å². The van der Waals surface area contributed by atoms with Gasteiger partial charge in [-0.1, -0.05) is 42.5 Å². The quantitative estimate of drug-likeness (QED) is 0.385. The molecule has 1 atom stereocenters. The van der Waals surface area contributed by atoms with E-state index < -0.39 is 11.7 Å². The second kappa shape index (κ2) is 13.0. The van der Waals surface area contributed by atoms with E-state index in [2.05, 4.69) is 15.3 Å². The summed E-state index contributed by atoms with van der Waals surface area (Å²) in [6.07, 6.45) is 1.18. The Kier molecular flexibility index (Phi) is 9.44. The molecule has 10 heteroatoms. The molecule has 2 amide bonds. The van der Waals surface area contributed by atoms with Crippen LogP contribution in [0.1, 0.15) is 55.2 Å². The maximum absolute atomic E-state index is 13.6. The highest BCUT2D eigenvalue weighted by Gasteiger charge is 2.29. The van der Waals surface area contributed by atoms with Crippen LogP contribution in [0.15, 0.2) is 60.8 Å². The molecular weight excluding hydrogens is 520 g/mol. The molecular formula is C31H40N6O4. The number of fused-ring (bicyclic) bond motifs is 1. The lowest BCUT2D eigenvalue weighted by molar-refractivity contribution is 0.00570. The zero-order chi connectivity index (χ0) is 29.6. The van der Waals surface area contributed by atoms with Crippen molar-refractivity contribution >= 4 is 29.5 Å². The lowest BCUT2D eigenvalue weighted by Gasteiger charge is -2.31. The number of ether oxygens (including phenoxy) is 2. The topological polar surface area (TPSA) is 100 Å². The third-order valence-electron chi connectivity index (χ3n) is 6.70. The summed E-state index contributed by atoms with van der Waals surface area (Å²) in [5.74, 6) is 0.974. The molecule has 1 N–H and O–H groups in total. The molecule has 2 heterocycles. The summed E-state index contributed by atoms with van der Waals surface area (Å²) in [6, 6.07) is 17.2. The molecule has 0 saturated heterocycles. The smallest absolute Gasteiger partial charge is 0.410 e. The number of aromatic nitrogens is 2. The van der Waals surface area contributed by atoms with Gasteiger partial charge in [0.15, 0.2) is 0 Å². The Balaban J connectivity index is 1.48. The van der Waals surface area contributed by atoms with Gasteiger partial charge in [-0.3, -0.25) is 4.79 Å². The van der Waals surface area contributed by atoms with Gasteiger partial charge in [0.05, 0.1) is 19.3 Å². The summed E-state index contributed by atoms with van der Waals surface area (Å²) >= 11 is 0. The number of nitrogens with one attached hydrogen (secondary N) is 1. The maximum Gasteiger partial charge on any atom is 0.410 e. The van der Waals surface area contributed by atoms with Crippen LogP contribution in [0.2, 0.25) is 0 Å². The molecule has 218 valence electrons. The number of hydrogen-bond acceptors (Lipinski definition) is 8. The molecule has 0 fully saturated rings.